The Hall–Kier alpha value is -0.340. The van der Waals surface area contributed by atoms with Crippen molar-refractivity contribution in [2.24, 2.45) is 11.8 Å². The standard InChI is InChI=1S/C17H25BrO/c1-4-13-5-7-14(8-6-13)17(19)15-9-11(2)16(18)12(3)10-15/h9-10,13-14,17,19H,4-8H2,1-3H3. The SMILES string of the molecule is CCC1CCC(C(O)c2cc(C)c(Br)c(C)c2)CC1. The molecule has 19 heavy (non-hydrogen) atoms. The van der Waals surface area contributed by atoms with Gasteiger partial charge in [-0.3, -0.25) is 0 Å². The first-order valence-corrected chi connectivity index (χ1v) is 8.27. The van der Waals surface area contributed by atoms with Crippen molar-refractivity contribution in [1.29, 1.82) is 0 Å². The van der Waals surface area contributed by atoms with Crippen molar-refractivity contribution in [3.05, 3.63) is 33.3 Å². The first-order chi connectivity index (χ1) is 9.02. The molecule has 0 bridgehead atoms. The van der Waals surface area contributed by atoms with Gasteiger partial charge in [0.05, 0.1) is 6.10 Å². The summed E-state index contributed by atoms with van der Waals surface area (Å²) >= 11 is 3.59. The van der Waals surface area contributed by atoms with E-state index in [-0.39, 0.29) is 6.10 Å². The molecule has 1 N–H and O–H groups in total. The largest absolute Gasteiger partial charge is 0.388 e. The highest BCUT2D eigenvalue weighted by Gasteiger charge is 2.27. The molecule has 1 saturated carbocycles. The third-order valence-corrected chi connectivity index (χ3v) is 5.97. The van der Waals surface area contributed by atoms with Crippen molar-refractivity contribution in [3.8, 4) is 0 Å². The summed E-state index contributed by atoms with van der Waals surface area (Å²) in [6, 6.07) is 4.27. The van der Waals surface area contributed by atoms with E-state index < -0.39 is 0 Å². The summed E-state index contributed by atoms with van der Waals surface area (Å²) in [6.07, 6.45) is 5.92. The van der Waals surface area contributed by atoms with Crippen molar-refractivity contribution < 1.29 is 5.11 Å². The molecule has 1 fully saturated rings. The highest BCUT2D eigenvalue weighted by molar-refractivity contribution is 9.10. The zero-order valence-electron chi connectivity index (χ0n) is 12.2. The number of hydrogen-bond donors (Lipinski definition) is 1. The molecule has 0 saturated heterocycles. The van der Waals surface area contributed by atoms with Gasteiger partial charge in [0.2, 0.25) is 0 Å². The Morgan fingerprint density at radius 1 is 1.16 bits per heavy atom. The van der Waals surface area contributed by atoms with Crippen molar-refractivity contribution in [2.45, 2.75) is 59.0 Å². The van der Waals surface area contributed by atoms with E-state index in [0.29, 0.717) is 5.92 Å². The van der Waals surface area contributed by atoms with Crippen LogP contribution in [0.2, 0.25) is 0 Å². The molecule has 1 nitrogen and oxygen atoms in total. The van der Waals surface area contributed by atoms with Crippen molar-refractivity contribution in [2.75, 3.05) is 0 Å². The predicted octanol–water partition coefficient (Wildman–Crippen LogP) is 5.32. The monoisotopic (exact) mass is 324 g/mol. The molecule has 0 spiro atoms. The molecule has 106 valence electrons. The van der Waals surface area contributed by atoms with Gasteiger partial charge in [-0.25, -0.2) is 0 Å². The molecule has 2 heteroatoms. The lowest BCUT2D eigenvalue weighted by molar-refractivity contribution is 0.0728. The Morgan fingerprint density at radius 3 is 2.16 bits per heavy atom. The van der Waals surface area contributed by atoms with Gasteiger partial charge in [-0.1, -0.05) is 54.2 Å². The zero-order valence-corrected chi connectivity index (χ0v) is 13.8. The van der Waals surface area contributed by atoms with E-state index in [2.05, 4.69) is 48.8 Å². The average molecular weight is 325 g/mol. The minimum atomic E-state index is -0.289. The molecular formula is C17H25BrO. The van der Waals surface area contributed by atoms with Gasteiger partial charge in [0.15, 0.2) is 0 Å². The Kier molecular flexibility index (Phi) is 5.08. The van der Waals surface area contributed by atoms with E-state index in [1.54, 1.807) is 0 Å². The van der Waals surface area contributed by atoms with Crippen LogP contribution in [0.3, 0.4) is 0 Å². The molecule has 1 aromatic rings. The Balaban J connectivity index is 2.10. The Labute approximate surface area is 125 Å². The quantitative estimate of drug-likeness (QED) is 0.798. The summed E-state index contributed by atoms with van der Waals surface area (Å²) in [6.45, 7) is 6.48. The minimum Gasteiger partial charge on any atom is -0.388 e. The van der Waals surface area contributed by atoms with Crippen molar-refractivity contribution >= 4 is 15.9 Å². The maximum atomic E-state index is 10.6. The van der Waals surface area contributed by atoms with Crippen LogP contribution >= 0.6 is 15.9 Å². The number of aliphatic hydroxyl groups is 1. The second-order valence-electron chi connectivity index (χ2n) is 6.10. The van der Waals surface area contributed by atoms with E-state index in [4.69, 9.17) is 0 Å². The van der Waals surface area contributed by atoms with Crippen molar-refractivity contribution in [3.63, 3.8) is 0 Å². The van der Waals surface area contributed by atoms with Gasteiger partial charge in [0.25, 0.3) is 0 Å². The van der Waals surface area contributed by atoms with Crippen LogP contribution in [0.5, 0.6) is 0 Å². The van der Waals surface area contributed by atoms with Crippen LogP contribution in [0.15, 0.2) is 16.6 Å². The lowest BCUT2D eigenvalue weighted by Gasteiger charge is -2.31. The summed E-state index contributed by atoms with van der Waals surface area (Å²) in [5.41, 5.74) is 3.53. The number of halogens is 1. The van der Waals surface area contributed by atoms with Crippen LogP contribution in [0.1, 0.15) is 61.8 Å². The third-order valence-electron chi connectivity index (χ3n) is 4.72. The number of aliphatic hydroxyl groups excluding tert-OH is 1. The first kappa shape index (κ1) is 15.1. The van der Waals surface area contributed by atoms with E-state index in [0.717, 1.165) is 16.0 Å². The van der Waals surface area contributed by atoms with Gasteiger partial charge in [-0.2, -0.15) is 0 Å². The van der Waals surface area contributed by atoms with Gasteiger partial charge >= 0.3 is 0 Å². The fraction of sp³-hybridized carbons (Fsp3) is 0.647. The van der Waals surface area contributed by atoms with Gasteiger partial charge in [-0.15, -0.1) is 0 Å². The first-order valence-electron chi connectivity index (χ1n) is 7.47. The molecule has 1 aromatic carbocycles. The molecule has 0 amide bonds. The lowest BCUT2D eigenvalue weighted by atomic mass is 9.77. The van der Waals surface area contributed by atoms with Crippen LogP contribution in [0.25, 0.3) is 0 Å². The molecule has 0 heterocycles. The van der Waals surface area contributed by atoms with E-state index in [1.165, 1.54) is 43.2 Å². The maximum absolute atomic E-state index is 10.6. The molecule has 0 aliphatic heterocycles. The average Bonchev–Trinajstić information content (AvgIpc) is 2.43. The van der Waals surface area contributed by atoms with Gasteiger partial charge in [0, 0.05) is 4.47 Å². The molecule has 1 atom stereocenters. The fourth-order valence-corrected chi connectivity index (χ4v) is 3.56. The van der Waals surface area contributed by atoms with Crippen LogP contribution < -0.4 is 0 Å². The zero-order chi connectivity index (χ0) is 14.0. The fourth-order valence-electron chi connectivity index (χ4n) is 3.33. The van der Waals surface area contributed by atoms with Crippen LogP contribution in [-0.2, 0) is 0 Å². The summed E-state index contributed by atoms with van der Waals surface area (Å²) < 4.78 is 1.16. The van der Waals surface area contributed by atoms with Crippen molar-refractivity contribution in [1.82, 2.24) is 0 Å². The predicted molar refractivity (Wildman–Crippen MR) is 84.3 cm³/mol. The molecule has 1 aliphatic rings. The summed E-state index contributed by atoms with van der Waals surface area (Å²) in [5.74, 6) is 1.33. The minimum absolute atomic E-state index is 0.289. The molecule has 1 aliphatic carbocycles. The topological polar surface area (TPSA) is 20.2 Å². The molecule has 0 radical (unpaired) electrons. The molecule has 2 rings (SSSR count). The Morgan fingerprint density at radius 2 is 1.68 bits per heavy atom. The van der Waals surface area contributed by atoms with Crippen LogP contribution in [0.4, 0.5) is 0 Å². The molecular weight excluding hydrogens is 300 g/mol. The van der Waals surface area contributed by atoms with E-state index in [9.17, 15) is 5.11 Å². The highest BCUT2D eigenvalue weighted by atomic mass is 79.9. The number of aryl methyl sites for hydroxylation is 2. The molecule has 0 aromatic heterocycles. The highest BCUT2D eigenvalue weighted by Crippen LogP contribution is 2.38. The van der Waals surface area contributed by atoms with E-state index >= 15 is 0 Å². The smallest absolute Gasteiger partial charge is 0.0818 e. The normalized spacial score (nSPS) is 25.3. The number of rotatable bonds is 3. The third kappa shape index (κ3) is 3.41. The summed E-state index contributed by atoms with van der Waals surface area (Å²) in [5, 5.41) is 10.6. The maximum Gasteiger partial charge on any atom is 0.0818 e. The second-order valence-corrected chi connectivity index (χ2v) is 6.90. The van der Waals surface area contributed by atoms with Gasteiger partial charge in [-0.05, 0) is 55.2 Å². The molecule has 1 unspecified atom stereocenters. The number of benzene rings is 1. The van der Waals surface area contributed by atoms with Crippen LogP contribution in [-0.4, -0.2) is 5.11 Å². The number of hydrogen-bond acceptors (Lipinski definition) is 1. The lowest BCUT2D eigenvalue weighted by Crippen LogP contribution is -2.20. The van der Waals surface area contributed by atoms with Gasteiger partial charge in [0.1, 0.15) is 0 Å². The van der Waals surface area contributed by atoms with E-state index in [1.807, 2.05) is 0 Å². The second kappa shape index (κ2) is 6.41. The van der Waals surface area contributed by atoms with Gasteiger partial charge < -0.3 is 5.11 Å². The Bertz CT molecular complexity index is 410. The van der Waals surface area contributed by atoms with Crippen LogP contribution in [0, 0.1) is 25.7 Å². The summed E-state index contributed by atoms with van der Waals surface area (Å²) in [4.78, 5) is 0. The summed E-state index contributed by atoms with van der Waals surface area (Å²) in [7, 11) is 0.